The number of aryl methyl sites for hydroxylation is 1. The van der Waals surface area contributed by atoms with Gasteiger partial charge in [0.15, 0.2) is 5.13 Å². The van der Waals surface area contributed by atoms with Crippen LogP contribution >= 0.6 is 11.3 Å². The number of methoxy groups -OCH3 is 1. The number of ether oxygens (including phenoxy) is 1. The molecule has 0 bridgehead atoms. The molecular weight excluding hydrogens is 322 g/mol. The zero-order valence-electron chi connectivity index (χ0n) is 13.7. The Labute approximate surface area is 145 Å². The van der Waals surface area contributed by atoms with Crippen LogP contribution in [-0.2, 0) is 4.79 Å². The Balaban J connectivity index is 1.55. The van der Waals surface area contributed by atoms with Crippen molar-refractivity contribution in [1.29, 1.82) is 0 Å². The van der Waals surface area contributed by atoms with E-state index < -0.39 is 0 Å². The highest BCUT2D eigenvalue weighted by Crippen LogP contribution is 2.24. The van der Waals surface area contributed by atoms with Gasteiger partial charge in [-0.15, -0.1) is 11.3 Å². The third-order valence-electron chi connectivity index (χ3n) is 3.79. The molecule has 1 aromatic heterocycles. The summed E-state index contributed by atoms with van der Waals surface area (Å²) in [4.78, 5) is 18.7. The van der Waals surface area contributed by atoms with Crippen LogP contribution in [0.15, 0.2) is 29.6 Å². The Morgan fingerprint density at radius 3 is 3.12 bits per heavy atom. The summed E-state index contributed by atoms with van der Waals surface area (Å²) in [6, 6.07) is 7.47. The van der Waals surface area contributed by atoms with Crippen LogP contribution < -0.4 is 15.0 Å². The van der Waals surface area contributed by atoms with Crippen LogP contribution in [-0.4, -0.2) is 37.1 Å². The minimum absolute atomic E-state index is 0.112. The van der Waals surface area contributed by atoms with Gasteiger partial charge in [0.25, 0.3) is 5.91 Å². The molecule has 1 aromatic carbocycles. The van der Waals surface area contributed by atoms with Crippen LogP contribution in [0.5, 0.6) is 5.75 Å². The van der Waals surface area contributed by atoms with E-state index in [0.29, 0.717) is 0 Å². The van der Waals surface area contributed by atoms with Crippen molar-refractivity contribution in [3.05, 3.63) is 40.9 Å². The largest absolute Gasteiger partial charge is 0.497 e. The molecule has 1 unspecified atom stereocenters. The number of nitrogens with zero attached hydrogens (tertiary/aromatic N) is 2. The van der Waals surface area contributed by atoms with Gasteiger partial charge in [0.05, 0.1) is 12.8 Å². The first-order valence-electron chi connectivity index (χ1n) is 7.77. The normalized spacial score (nSPS) is 16.4. The molecule has 1 atom stereocenters. The van der Waals surface area contributed by atoms with Gasteiger partial charge in [-0.05, 0) is 31.5 Å². The molecule has 0 spiro atoms. The lowest BCUT2D eigenvalue weighted by Crippen LogP contribution is -2.36. The molecular formula is C18H19N3O2S. The second kappa shape index (κ2) is 7.37. The summed E-state index contributed by atoms with van der Waals surface area (Å²) in [6.45, 7) is 3.67. The molecule has 1 N–H and O–H groups in total. The standard InChI is InChI=1S/C18H19N3O2S/c1-13-12-24-18(19-13)21-9-8-15(11-21)20-17(22)7-6-14-4-3-5-16(10-14)23-2/h3-5,10,12,15H,8-9,11H2,1-2H3,(H,20,22). The number of anilines is 1. The van der Waals surface area contributed by atoms with Crippen molar-refractivity contribution in [3.8, 4) is 17.6 Å². The lowest BCUT2D eigenvalue weighted by molar-refractivity contribution is -0.116. The summed E-state index contributed by atoms with van der Waals surface area (Å²) < 4.78 is 5.15. The van der Waals surface area contributed by atoms with E-state index in [-0.39, 0.29) is 11.9 Å². The maximum atomic E-state index is 12.0. The number of rotatable bonds is 3. The highest BCUT2D eigenvalue weighted by Gasteiger charge is 2.25. The van der Waals surface area contributed by atoms with Crippen LogP contribution in [0, 0.1) is 18.8 Å². The number of thiazole rings is 1. The van der Waals surface area contributed by atoms with Gasteiger partial charge in [-0.25, -0.2) is 4.98 Å². The summed E-state index contributed by atoms with van der Waals surface area (Å²) >= 11 is 1.64. The van der Waals surface area contributed by atoms with Crippen LogP contribution in [0.25, 0.3) is 0 Å². The van der Waals surface area contributed by atoms with E-state index in [2.05, 4.69) is 27.0 Å². The second-order valence-corrected chi connectivity index (χ2v) is 6.50. The topological polar surface area (TPSA) is 54.5 Å². The van der Waals surface area contributed by atoms with Gasteiger partial charge in [-0.2, -0.15) is 0 Å². The molecule has 0 saturated carbocycles. The first kappa shape index (κ1) is 16.3. The minimum Gasteiger partial charge on any atom is -0.497 e. The predicted molar refractivity (Wildman–Crippen MR) is 95.5 cm³/mol. The lowest BCUT2D eigenvalue weighted by Gasteiger charge is -2.14. The van der Waals surface area contributed by atoms with Crippen LogP contribution in [0.1, 0.15) is 17.7 Å². The third kappa shape index (κ3) is 4.06. The van der Waals surface area contributed by atoms with E-state index >= 15 is 0 Å². The quantitative estimate of drug-likeness (QED) is 0.870. The number of benzene rings is 1. The fraction of sp³-hybridized carbons (Fsp3) is 0.333. The van der Waals surface area contributed by atoms with E-state index in [4.69, 9.17) is 4.74 Å². The van der Waals surface area contributed by atoms with Crippen molar-refractivity contribution < 1.29 is 9.53 Å². The molecule has 2 aromatic rings. The van der Waals surface area contributed by atoms with Crippen molar-refractivity contribution >= 4 is 22.4 Å². The molecule has 0 radical (unpaired) electrons. The SMILES string of the molecule is COc1cccc(C#CC(=O)NC2CCN(c3nc(C)cs3)C2)c1. The third-order valence-corrected chi connectivity index (χ3v) is 4.81. The zero-order chi connectivity index (χ0) is 16.9. The molecule has 1 saturated heterocycles. The fourth-order valence-corrected chi connectivity index (χ4v) is 3.43. The van der Waals surface area contributed by atoms with Crippen LogP contribution in [0.3, 0.4) is 0 Å². The zero-order valence-corrected chi connectivity index (χ0v) is 14.5. The smallest absolute Gasteiger partial charge is 0.296 e. The molecule has 1 aliphatic rings. The van der Waals surface area contributed by atoms with Gasteiger partial charge in [-0.3, -0.25) is 4.79 Å². The minimum atomic E-state index is -0.250. The molecule has 1 aliphatic heterocycles. The Hall–Kier alpha value is -2.52. The van der Waals surface area contributed by atoms with Gasteiger partial charge in [0.1, 0.15) is 5.75 Å². The maximum absolute atomic E-state index is 12.0. The molecule has 3 rings (SSSR count). The average Bonchev–Trinajstić information content (AvgIpc) is 3.22. The van der Waals surface area contributed by atoms with Gasteiger partial charge in [0, 0.05) is 36.0 Å². The van der Waals surface area contributed by atoms with Crippen molar-refractivity contribution in [3.63, 3.8) is 0 Å². The van der Waals surface area contributed by atoms with Crippen molar-refractivity contribution in [2.75, 3.05) is 25.1 Å². The predicted octanol–water partition coefficient (Wildman–Crippen LogP) is 2.21. The average molecular weight is 341 g/mol. The summed E-state index contributed by atoms with van der Waals surface area (Å²) in [5.74, 6) is 6.00. The number of amides is 1. The first-order chi connectivity index (χ1) is 11.6. The maximum Gasteiger partial charge on any atom is 0.296 e. The Morgan fingerprint density at radius 1 is 1.50 bits per heavy atom. The number of hydrogen-bond donors (Lipinski definition) is 1. The van der Waals surface area contributed by atoms with E-state index in [1.807, 2.05) is 36.6 Å². The van der Waals surface area contributed by atoms with Crippen molar-refractivity contribution in [2.24, 2.45) is 0 Å². The number of nitrogens with one attached hydrogen (secondary N) is 1. The number of carbonyl (C=O) groups excluding carboxylic acids is 1. The molecule has 124 valence electrons. The van der Waals surface area contributed by atoms with Crippen molar-refractivity contribution in [2.45, 2.75) is 19.4 Å². The Kier molecular flexibility index (Phi) is 5.02. The summed E-state index contributed by atoms with van der Waals surface area (Å²) in [6.07, 6.45) is 0.908. The Morgan fingerprint density at radius 2 is 2.38 bits per heavy atom. The van der Waals surface area contributed by atoms with E-state index in [1.54, 1.807) is 18.4 Å². The van der Waals surface area contributed by atoms with Crippen molar-refractivity contribution in [1.82, 2.24) is 10.3 Å². The molecule has 24 heavy (non-hydrogen) atoms. The van der Waals surface area contributed by atoms with E-state index in [1.165, 1.54) is 0 Å². The number of carbonyl (C=O) groups is 1. The Bertz CT molecular complexity index is 791. The summed E-state index contributed by atoms with van der Waals surface area (Å²) in [5, 5.41) is 6.04. The van der Waals surface area contributed by atoms with Gasteiger partial charge in [-0.1, -0.05) is 12.0 Å². The highest BCUT2D eigenvalue weighted by atomic mass is 32.1. The molecule has 2 heterocycles. The molecule has 0 aliphatic carbocycles. The van der Waals surface area contributed by atoms with Gasteiger partial charge in [0.2, 0.25) is 0 Å². The lowest BCUT2D eigenvalue weighted by atomic mass is 10.2. The highest BCUT2D eigenvalue weighted by molar-refractivity contribution is 7.13. The molecule has 5 nitrogen and oxygen atoms in total. The van der Waals surface area contributed by atoms with Gasteiger partial charge >= 0.3 is 0 Å². The second-order valence-electron chi connectivity index (χ2n) is 5.66. The number of aromatic nitrogens is 1. The fourth-order valence-electron chi connectivity index (χ4n) is 2.59. The summed E-state index contributed by atoms with van der Waals surface area (Å²) in [7, 11) is 1.61. The van der Waals surface area contributed by atoms with E-state index in [0.717, 1.165) is 41.6 Å². The van der Waals surface area contributed by atoms with E-state index in [9.17, 15) is 4.79 Å². The summed E-state index contributed by atoms with van der Waals surface area (Å²) in [5.41, 5.74) is 1.79. The number of hydrogen-bond acceptors (Lipinski definition) is 5. The van der Waals surface area contributed by atoms with Crippen LogP contribution in [0.2, 0.25) is 0 Å². The van der Waals surface area contributed by atoms with Gasteiger partial charge < -0.3 is 15.0 Å². The molecule has 6 heteroatoms. The monoisotopic (exact) mass is 341 g/mol. The first-order valence-corrected chi connectivity index (χ1v) is 8.65. The molecule has 1 amide bonds. The van der Waals surface area contributed by atoms with Crippen LogP contribution in [0.4, 0.5) is 5.13 Å². The molecule has 1 fully saturated rings.